The fourth-order valence-electron chi connectivity index (χ4n) is 3.53. The molecule has 3 rings (SSSR count). The van der Waals surface area contributed by atoms with Crippen LogP contribution < -0.4 is 15.5 Å². The fraction of sp³-hybridized carbons (Fsp3) is 0.348. The van der Waals surface area contributed by atoms with E-state index < -0.39 is 0 Å². The normalized spacial score (nSPS) is 11.0. The van der Waals surface area contributed by atoms with Gasteiger partial charge in [0.2, 0.25) is 5.91 Å². The zero-order chi connectivity index (χ0) is 19.9. The van der Waals surface area contributed by atoms with E-state index in [0.717, 1.165) is 42.8 Å². The summed E-state index contributed by atoms with van der Waals surface area (Å²) in [7, 11) is 0. The SMILES string of the molecule is CCN(CC)c1ccc(NC(=O)CNCCc2c[nH]c3ccccc23)c(C)c1. The van der Waals surface area contributed by atoms with Gasteiger partial charge >= 0.3 is 0 Å². The first-order valence-corrected chi connectivity index (χ1v) is 10.0. The van der Waals surface area contributed by atoms with E-state index in [4.69, 9.17) is 0 Å². The molecule has 5 nitrogen and oxygen atoms in total. The summed E-state index contributed by atoms with van der Waals surface area (Å²) >= 11 is 0. The molecule has 3 aromatic rings. The molecular weight excluding hydrogens is 348 g/mol. The highest BCUT2D eigenvalue weighted by Gasteiger charge is 2.08. The number of amides is 1. The topological polar surface area (TPSA) is 60.2 Å². The summed E-state index contributed by atoms with van der Waals surface area (Å²) in [6, 6.07) is 14.5. The molecule has 0 radical (unpaired) electrons. The molecule has 1 amide bonds. The average Bonchev–Trinajstić information content (AvgIpc) is 3.11. The van der Waals surface area contributed by atoms with E-state index in [1.807, 2.05) is 31.3 Å². The Kier molecular flexibility index (Phi) is 6.71. The molecule has 148 valence electrons. The second-order valence-electron chi connectivity index (χ2n) is 7.01. The zero-order valence-corrected chi connectivity index (χ0v) is 17.0. The van der Waals surface area contributed by atoms with E-state index in [9.17, 15) is 4.79 Å². The van der Waals surface area contributed by atoms with Gasteiger partial charge in [-0.3, -0.25) is 4.79 Å². The lowest BCUT2D eigenvalue weighted by Crippen LogP contribution is -2.29. The summed E-state index contributed by atoms with van der Waals surface area (Å²) in [6.07, 6.45) is 2.93. The van der Waals surface area contributed by atoms with Crippen LogP contribution in [0.25, 0.3) is 10.9 Å². The van der Waals surface area contributed by atoms with Gasteiger partial charge in [-0.2, -0.15) is 0 Å². The summed E-state index contributed by atoms with van der Waals surface area (Å²) in [5, 5.41) is 7.50. The maximum absolute atomic E-state index is 12.3. The van der Waals surface area contributed by atoms with Crippen molar-refractivity contribution in [3.05, 3.63) is 59.8 Å². The molecule has 0 aliphatic rings. The van der Waals surface area contributed by atoms with Crippen molar-refractivity contribution in [2.24, 2.45) is 0 Å². The number of aryl methyl sites for hydroxylation is 1. The van der Waals surface area contributed by atoms with Crippen molar-refractivity contribution < 1.29 is 4.79 Å². The Labute approximate surface area is 167 Å². The van der Waals surface area contributed by atoms with Gasteiger partial charge in [0.25, 0.3) is 0 Å². The molecule has 0 saturated carbocycles. The van der Waals surface area contributed by atoms with E-state index >= 15 is 0 Å². The maximum atomic E-state index is 12.3. The monoisotopic (exact) mass is 378 g/mol. The molecule has 0 atom stereocenters. The van der Waals surface area contributed by atoms with Gasteiger partial charge in [0, 0.05) is 41.6 Å². The van der Waals surface area contributed by atoms with Gasteiger partial charge in [-0.25, -0.2) is 0 Å². The van der Waals surface area contributed by atoms with Crippen LogP contribution in [-0.4, -0.2) is 37.1 Å². The first-order valence-electron chi connectivity index (χ1n) is 10.0. The number of aromatic amines is 1. The summed E-state index contributed by atoms with van der Waals surface area (Å²) < 4.78 is 0. The van der Waals surface area contributed by atoms with Gasteiger partial charge in [0.15, 0.2) is 0 Å². The van der Waals surface area contributed by atoms with Gasteiger partial charge < -0.3 is 20.5 Å². The molecule has 1 aromatic heterocycles. The Morgan fingerprint density at radius 2 is 1.89 bits per heavy atom. The highest BCUT2D eigenvalue weighted by Crippen LogP contribution is 2.22. The number of rotatable bonds is 9. The third-order valence-corrected chi connectivity index (χ3v) is 5.14. The smallest absolute Gasteiger partial charge is 0.238 e. The number of anilines is 2. The lowest BCUT2D eigenvalue weighted by Gasteiger charge is -2.22. The summed E-state index contributed by atoms with van der Waals surface area (Å²) in [5.74, 6) is -0.0161. The van der Waals surface area contributed by atoms with Crippen LogP contribution in [0.4, 0.5) is 11.4 Å². The highest BCUT2D eigenvalue weighted by molar-refractivity contribution is 5.93. The van der Waals surface area contributed by atoms with Gasteiger partial charge in [0.1, 0.15) is 0 Å². The molecule has 0 aliphatic carbocycles. The lowest BCUT2D eigenvalue weighted by atomic mass is 10.1. The van der Waals surface area contributed by atoms with E-state index in [1.54, 1.807) is 0 Å². The first-order chi connectivity index (χ1) is 13.6. The number of H-pyrrole nitrogens is 1. The van der Waals surface area contributed by atoms with Crippen molar-refractivity contribution in [3.8, 4) is 0 Å². The van der Waals surface area contributed by atoms with Crippen LogP contribution in [-0.2, 0) is 11.2 Å². The molecule has 2 aromatic carbocycles. The van der Waals surface area contributed by atoms with Crippen LogP contribution in [0.2, 0.25) is 0 Å². The van der Waals surface area contributed by atoms with Crippen molar-refractivity contribution >= 4 is 28.2 Å². The minimum Gasteiger partial charge on any atom is -0.372 e. The maximum Gasteiger partial charge on any atom is 0.238 e. The minimum atomic E-state index is -0.0161. The van der Waals surface area contributed by atoms with Crippen LogP contribution in [0.15, 0.2) is 48.7 Å². The van der Waals surface area contributed by atoms with E-state index in [2.05, 4.69) is 58.6 Å². The van der Waals surface area contributed by atoms with Crippen LogP contribution in [0.1, 0.15) is 25.0 Å². The van der Waals surface area contributed by atoms with Gasteiger partial charge in [-0.1, -0.05) is 18.2 Å². The summed E-state index contributed by atoms with van der Waals surface area (Å²) in [4.78, 5) is 17.9. The number of aromatic nitrogens is 1. The van der Waals surface area contributed by atoms with Crippen LogP contribution >= 0.6 is 0 Å². The molecule has 5 heteroatoms. The number of hydrogen-bond acceptors (Lipinski definition) is 3. The number of nitrogens with one attached hydrogen (secondary N) is 3. The Morgan fingerprint density at radius 3 is 2.64 bits per heavy atom. The average molecular weight is 379 g/mol. The number of carbonyl (C=O) groups excluding carboxylic acids is 1. The predicted molar refractivity (Wildman–Crippen MR) is 118 cm³/mol. The van der Waals surface area contributed by atoms with E-state index in [1.165, 1.54) is 16.6 Å². The summed E-state index contributed by atoms with van der Waals surface area (Å²) in [6.45, 7) is 9.35. The predicted octanol–water partition coefficient (Wildman–Crippen LogP) is 4.09. The second-order valence-corrected chi connectivity index (χ2v) is 7.01. The third kappa shape index (κ3) is 4.73. The van der Waals surface area contributed by atoms with Crippen molar-refractivity contribution in [1.82, 2.24) is 10.3 Å². The molecule has 0 bridgehead atoms. The Balaban J connectivity index is 1.48. The molecule has 0 spiro atoms. The standard InChI is InChI=1S/C23H30N4O/c1-4-27(5-2)19-10-11-21(17(3)14-19)26-23(28)16-24-13-12-18-15-25-22-9-7-6-8-20(18)22/h6-11,14-15,24-25H,4-5,12-13,16H2,1-3H3,(H,26,28). The Hall–Kier alpha value is -2.79. The number of fused-ring (bicyclic) bond motifs is 1. The number of hydrogen-bond donors (Lipinski definition) is 3. The fourth-order valence-corrected chi connectivity index (χ4v) is 3.53. The summed E-state index contributed by atoms with van der Waals surface area (Å²) in [5.41, 5.74) is 5.57. The molecule has 28 heavy (non-hydrogen) atoms. The molecule has 0 unspecified atom stereocenters. The highest BCUT2D eigenvalue weighted by atomic mass is 16.1. The van der Waals surface area contributed by atoms with Crippen LogP contribution in [0.3, 0.4) is 0 Å². The molecule has 3 N–H and O–H groups in total. The third-order valence-electron chi connectivity index (χ3n) is 5.14. The van der Waals surface area contributed by atoms with Crippen molar-refractivity contribution in [3.63, 3.8) is 0 Å². The van der Waals surface area contributed by atoms with Gasteiger partial charge in [-0.05, 0) is 69.1 Å². The molecule has 1 heterocycles. The first kappa shape index (κ1) is 20.0. The number of benzene rings is 2. The minimum absolute atomic E-state index is 0.0161. The number of carbonyl (C=O) groups is 1. The van der Waals surface area contributed by atoms with Gasteiger partial charge in [-0.15, -0.1) is 0 Å². The van der Waals surface area contributed by atoms with Crippen molar-refractivity contribution in [2.45, 2.75) is 27.2 Å². The van der Waals surface area contributed by atoms with E-state index in [0.29, 0.717) is 6.54 Å². The van der Waals surface area contributed by atoms with Crippen LogP contribution in [0.5, 0.6) is 0 Å². The van der Waals surface area contributed by atoms with Crippen molar-refractivity contribution in [2.75, 3.05) is 36.4 Å². The van der Waals surface area contributed by atoms with Gasteiger partial charge in [0.05, 0.1) is 6.54 Å². The Bertz CT molecular complexity index is 927. The number of nitrogens with zero attached hydrogens (tertiary/aromatic N) is 1. The van der Waals surface area contributed by atoms with E-state index in [-0.39, 0.29) is 5.91 Å². The van der Waals surface area contributed by atoms with Crippen molar-refractivity contribution in [1.29, 1.82) is 0 Å². The Morgan fingerprint density at radius 1 is 1.11 bits per heavy atom. The molecular formula is C23H30N4O. The lowest BCUT2D eigenvalue weighted by molar-refractivity contribution is -0.115. The second kappa shape index (κ2) is 9.42. The molecule has 0 saturated heterocycles. The number of para-hydroxylation sites is 1. The molecule has 0 aliphatic heterocycles. The van der Waals surface area contributed by atoms with Crippen LogP contribution in [0, 0.1) is 6.92 Å². The molecule has 0 fully saturated rings. The largest absolute Gasteiger partial charge is 0.372 e. The zero-order valence-electron chi connectivity index (χ0n) is 17.0. The quantitative estimate of drug-likeness (QED) is 0.492.